The standard InChI is InChI=1S/C30H31ClN4O6/c1-39-13-14-41-27-17-21-15-22(28(36)33-24(21)18-26(27)40-2)29(37)34-25-16-20(10-11-23(25)31)30(38)35(32)12-6-9-19-7-4-3-5-8-19/h3-5,7-8,10-11,15-18H,6,9,12-14,32H2,1-2H3,(H,33,36)(H,34,37). The number of aromatic amines is 1. The summed E-state index contributed by atoms with van der Waals surface area (Å²) in [5, 5.41) is 4.51. The fourth-order valence-corrected chi connectivity index (χ4v) is 4.36. The van der Waals surface area contributed by atoms with E-state index in [0.29, 0.717) is 42.0 Å². The van der Waals surface area contributed by atoms with Crippen molar-refractivity contribution in [2.24, 2.45) is 5.84 Å². The topological polar surface area (TPSA) is 136 Å². The number of methoxy groups -OCH3 is 2. The Kier molecular flexibility index (Phi) is 9.96. The van der Waals surface area contributed by atoms with E-state index in [1.54, 1.807) is 19.2 Å². The molecule has 0 aliphatic rings. The number of rotatable bonds is 12. The van der Waals surface area contributed by atoms with E-state index in [9.17, 15) is 14.4 Å². The van der Waals surface area contributed by atoms with Gasteiger partial charge in [-0.15, -0.1) is 0 Å². The largest absolute Gasteiger partial charge is 0.493 e. The first-order valence-corrected chi connectivity index (χ1v) is 13.3. The molecule has 41 heavy (non-hydrogen) atoms. The third-order valence-electron chi connectivity index (χ3n) is 6.35. The fourth-order valence-electron chi connectivity index (χ4n) is 4.20. The zero-order valence-electron chi connectivity index (χ0n) is 22.7. The predicted molar refractivity (Wildman–Crippen MR) is 158 cm³/mol. The molecule has 0 bridgehead atoms. The highest BCUT2D eigenvalue weighted by Crippen LogP contribution is 2.32. The van der Waals surface area contributed by atoms with Gasteiger partial charge in [-0.25, -0.2) is 5.84 Å². The van der Waals surface area contributed by atoms with Gasteiger partial charge in [0.1, 0.15) is 12.2 Å². The number of H-pyrrole nitrogens is 1. The number of pyridine rings is 1. The van der Waals surface area contributed by atoms with Gasteiger partial charge in [-0.05, 0) is 48.7 Å². The first kappa shape index (κ1) is 29.6. The second kappa shape index (κ2) is 13.8. The van der Waals surface area contributed by atoms with E-state index in [1.807, 2.05) is 30.3 Å². The molecule has 10 nitrogen and oxygen atoms in total. The van der Waals surface area contributed by atoms with E-state index in [0.717, 1.165) is 17.0 Å². The third kappa shape index (κ3) is 7.43. The number of halogens is 1. The van der Waals surface area contributed by atoms with Crippen molar-refractivity contribution in [1.29, 1.82) is 0 Å². The molecule has 2 amide bonds. The molecule has 0 saturated carbocycles. The summed E-state index contributed by atoms with van der Waals surface area (Å²) in [6.45, 7) is 1.00. The third-order valence-corrected chi connectivity index (χ3v) is 6.68. The molecule has 0 spiro atoms. The van der Waals surface area contributed by atoms with E-state index in [-0.39, 0.29) is 28.4 Å². The number of hydrogen-bond donors (Lipinski definition) is 3. The average Bonchev–Trinajstić information content (AvgIpc) is 2.97. The molecule has 1 heterocycles. The van der Waals surface area contributed by atoms with Gasteiger partial charge in [0.2, 0.25) is 0 Å². The molecule has 0 atom stereocenters. The maximum Gasteiger partial charge on any atom is 0.267 e. The molecule has 1 aromatic heterocycles. The van der Waals surface area contributed by atoms with Gasteiger partial charge in [0.05, 0.1) is 29.9 Å². The molecule has 4 N–H and O–H groups in total. The lowest BCUT2D eigenvalue weighted by Crippen LogP contribution is -2.38. The lowest BCUT2D eigenvalue weighted by atomic mass is 10.1. The van der Waals surface area contributed by atoms with Crippen molar-refractivity contribution in [1.82, 2.24) is 9.99 Å². The SMILES string of the molecule is COCCOc1cc2cc(C(=O)Nc3cc(C(=O)N(N)CCCc4ccccc4)ccc3Cl)c(=O)[nH]c2cc1OC. The van der Waals surface area contributed by atoms with Crippen LogP contribution in [0.2, 0.25) is 5.02 Å². The summed E-state index contributed by atoms with van der Waals surface area (Å²) in [6, 6.07) is 19.1. The lowest BCUT2D eigenvalue weighted by molar-refractivity contribution is 0.0753. The minimum absolute atomic E-state index is 0.153. The van der Waals surface area contributed by atoms with E-state index in [1.165, 1.54) is 31.4 Å². The summed E-state index contributed by atoms with van der Waals surface area (Å²) in [6.07, 6.45) is 1.46. The molecule has 4 rings (SSSR count). The van der Waals surface area contributed by atoms with Crippen molar-refractivity contribution in [2.45, 2.75) is 12.8 Å². The summed E-state index contributed by atoms with van der Waals surface area (Å²) < 4.78 is 16.1. The zero-order valence-corrected chi connectivity index (χ0v) is 23.5. The number of aromatic nitrogens is 1. The second-order valence-electron chi connectivity index (χ2n) is 9.18. The first-order valence-electron chi connectivity index (χ1n) is 12.9. The van der Waals surface area contributed by atoms with Gasteiger partial charge in [-0.3, -0.25) is 19.4 Å². The number of nitrogens with zero attached hydrogens (tertiary/aromatic N) is 1. The summed E-state index contributed by atoms with van der Waals surface area (Å²) in [4.78, 5) is 41.6. The van der Waals surface area contributed by atoms with E-state index < -0.39 is 17.4 Å². The number of nitrogens with one attached hydrogen (secondary N) is 2. The molecule has 0 radical (unpaired) electrons. The number of ether oxygens (including phenoxy) is 3. The zero-order chi connectivity index (χ0) is 29.4. The second-order valence-corrected chi connectivity index (χ2v) is 9.59. The summed E-state index contributed by atoms with van der Waals surface area (Å²) in [5.41, 5.74) is 1.26. The van der Waals surface area contributed by atoms with Crippen molar-refractivity contribution >= 4 is 40.0 Å². The Morgan fingerprint density at radius 3 is 2.51 bits per heavy atom. The van der Waals surface area contributed by atoms with Gasteiger partial charge in [0.15, 0.2) is 11.5 Å². The van der Waals surface area contributed by atoms with Crippen LogP contribution < -0.4 is 26.2 Å². The van der Waals surface area contributed by atoms with Crippen molar-refractivity contribution < 1.29 is 23.8 Å². The van der Waals surface area contributed by atoms with Gasteiger partial charge >= 0.3 is 0 Å². The molecule has 0 fully saturated rings. The van der Waals surface area contributed by atoms with Crippen molar-refractivity contribution in [3.05, 3.63) is 98.8 Å². The minimum atomic E-state index is -0.704. The molecular formula is C30H31ClN4O6. The Morgan fingerprint density at radius 2 is 1.78 bits per heavy atom. The van der Waals surface area contributed by atoms with E-state index in [2.05, 4.69) is 10.3 Å². The smallest absolute Gasteiger partial charge is 0.267 e. The molecule has 0 aliphatic carbocycles. The van der Waals surface area contributed by atoms with Gasteiger partial charge in [-0.2, -0.15) is 0 Å². The monoisotopic (exact) mass is 578 g/mol. The summed E-state index contributed by atoms with van der Waals surface area (Å²) >= 11 is 6.32. The quantitative estimate of drug-likeness (QED) is 0.0980. The number of aryl methyl sites for hydroxylation is 1. The molecule has 4 aromatic rings. The van der Waals surface area contributed by atoms with Crippen LogP contribution in [0.3, 0.4) is 0 Å². The highest BCUT2D eigenvalue weighted by atomic mass is 35.5. The number of hydrogen-bond acceptors (Lipinski definition) is 7. The van der Waals surface area contributed by atoms with Crippen LogP contribution in [0.5, 0.6) is 11.5 Å². The number of fused-ring (bicyclic) bond motifs is 1. The maximum absolute atomic E-state index is 13.2. The molecule has 3 aromatic carbocycles. The van der Waals surface area contributed by atoms with Crippen LogP contribution in [-0.2, 0) is 11.2 Å². The van der Waals surface area contributed by atoms with E-state index >= 15 is 0 Å². The van der Waals surface area contributed by atoms with Crippen LogP contribution in [0.25, 0.3) is 10.9 Å². The normalized spacial score (nSPS) is 10.8. The molecule has 0 saturated heterocycles. The van der Waals surface area contributed by atoms with Gasteiger partial charge in [0.25, 0.3) is 17.4 Å². The van der Waals surface area contributed by atoms with Crippen LogP contribution in [0, 0.1) is 0 Å². The Hall–Kier alpha value is -4.38. The summed E-state index contributed by atoms with van der Waals surface area (Å²) in [7, 11) is 3.05. The highest BCUT2D eigenvalue weighted by Gasteiger charge is 2.18. The maximum atomic E-state index is 13.2. The number of nitrogens with two attached hydrogens (primary N) is 1. The van der Waals surface area contributed by atoms with Crippen LogP contribution in [0.1, 0.15) is 32.7 Å². The minimum Gasteiger partial charge on any atom is -0.493 e. The van der Waals surface area contributed by atoms with Crippen molar-refractivity contribution in [3.63, 3.8) is 0 Å². The summed E-state index contributed by atoms with van der Waals surface area (Å²) in [5.74, 6) is 5.75. The van der Waals surface area contributed by atoms with Gasteiger partial charge in [-0.1, -0.05) is 41.9 Å². The first-order chi connectivity index (χ1) is 19.8. The number of benzene rings is 3. The average molecular weight is 579 g/mol. The van der Waals surface area contributed by atoms with Crippen LogP contribution in [0.4, 0.5) is 5.69 Å². The van der Waals surface area contributed by atoms with Gasteiger partial charge in [0, 0.05) is 30.7 Å². The number of carbonyl (C=O) groups is 2. The Balaban J connectivity index is 1.50. The van der Waals surface area contributed by atoms with Crippen LogP contribution >= 0.6 is 11.6 Å². The number of carbonyl (C=O) groups excluding carboxylic acids is 2. The number of amides is 2. The van der Waals surface area contributed by atoms with Crippen LogP contribution in [-0.4, -0.2) is 55.8 Å². The van der Waals surface area contributed by atoms with E-state index in [4.69, 9.17) is 31.7 Å². The van der Waals surface area contributed by atoms with Crippen molar-refractivity contribution in [2.75, 3.05) is 39.3 Å². The Bertz CT molecular complexity index is 1590. The number of anilines is 1. The predicted octanol–water partition coefficient (Wildman–Crippen LogP) is 4.42. The molecule has 0 unspecified atom stereocenters. The molecule has 214 valence electrons. The highest BCUT2D eigenvalue weighted by molar-refractivity contribution is 6.34. The van der Waals surface area contributed by atoms with Gasteiger partial charge < -0.3 is 24.5 Å². The molecule has 11 heteroatoms. The molecule has 0 aliphatic heterocycles. The lowest BCUT2D eigenvalue weighted by Gasteiger charge is -2.17. The Labute approximate surface area is 241 Å². The van der Waals surface area contributed by atoms with Crippen LogP contribution in [0.15, 0.2) is 71.5 Å². The van der Waals surface area contributed by atoms with Crippen molar-refractivity contribution in [3.8, 4) is 11.5 Å². The number of hydrazine groups is 1. The molecular weight excluding hydrogens is 548 g/mol. The Morgan fingerprint density at radius 1 is 1.00 bits per heavy atom. The fraction of sp³-hybridized carbons (Fsp3) is 0.233.